The summed E-state index contributed by atoms with van der Waals surface area (Å²) in [7, 11) is 1.37. The van der Waals surface area contributed by atoms with E-state index in [9.17, 15) is 10.1 Å². The van der Waals surface area contributed by atoms with E-state index in [2.05, 4.69) is 15.8 Å². The van der Waals surface area contributed by atoms with Crippen molar-refractivity contribution in [3.8, 4) is 6.07 Å². The van der Waals surface area contributed by atoms with Gasteiger partial charge in [0.2, 0.25) is 0 Å². The maximum atomic E-state index is 11.2. The Morgan fingerprint density at radius 1 is 1.53 bits per heavy atom. The third-order valence-electron chi connectivity index (χ3n) is 2.93. The molecule has 102 valence electrons. The van der Waals surface area contributed by atoms with Crippen LogP contribution in [0, 0.1) is 25.2 Å². The number of nitriles is 1. The molecule has 0 saturated carbocycles. The van der Waals surface area contributed by atoms with E-state index >= 15 is 0 Å². The van der Waals surface area contributed by atoms with Crippen LogP contribution in [0.25, 0.3) is 0 Å². The molecular weight excluding hydrogens is 242 g/mol. The Morgan fingerprint density at radius 2 is 2.21 bits per heavy atom. The van der Waals surface area contributed by atoms with Gasteiger partial charge in [0.15, 0.2) is 0 Å². The van der Waals surface area contributed by atoms with Gasteiger partial charge in [-0.25, -0.2) is 4.98 Å². The second kappa shape index (κ2) is 6.74. The first-order valence-electron chi connectivity index (χ1n) is 6.23. The van der Waals surface area contributed by atoms with Gasteiger partial charge in [-0.05, 0) is 32.4 Å². The Kier molecular flexibility index (Phi) is 5.31. The number of anilines is 1. The summed E-state index contributed by atoms with van der Waals surface area (Å²) in [5.74, 6) is 0.382. The molecule has 0 aliphatic carbocycles. The molecule has 1 heterocycles. The standard InChI is InChI=1S/C14H19N3O2/c1-5-17(7-6-13(18)19-4)14-12(9-15)10(2)8-11(3)16-14/h8H,5-7H2,1-4H3. The van der Waals surface area contributed by atoms with Gasteiger partial charge in [-0.3, -0.25) is 4.79 Å². The third kappa shape index (κ3) is 3.68. The highest BCUT2D eigenvalue weighted by atomic mass is 16.5. The molecule has 0 bridgehead atoms. The van der Waals surface area contributed by atoms with Gasteiger partial charge in [0, 0.05) is 18.8 Å². The zero-order valence-corrected chi connectivity index (χ0v) is 11.9. The number of hydrogen-bond acceptors (Lipinski definition) is 5. The molecule has 0 radical (unpaired) electrons. The number of methoxy groups -OCH3 is 1. The van der Waals surface area contributed by atoms with E-state index in [4.69, 9.17) is 0 Å². The predicted molar refractivity (Wildman–Crippen MR) is 72.9 cm³/mol. The van der Waals surface area contributed by atoms with Crippen LogP contribution in [0.4, 0.5) is 5.82 Å². The van der Waals surface area contributed by atoms with E-state index in [0.29, 0.717) is 24.5 Å². The number of nitrogens with zero attached hydrogens (tertiary/aromatic N) is 3. The molecule has 0 unspecified atom stereocenters. The molecule has 0 amide bonds. The largest absolute Gasteiger partial charge is 0.469 e. The second-order valence-corrected chi connectivity index (χ2v) is 4.30. The first-order chi connectivity index (χ1) is 9.03. The molecule has 0 aliphatic heterocycles. The van der Waals surface area contributed by atoms with Crippen molar-refractivity contribution in [3.63, 3.8) is 0 Å². The van der Waals surface area contributed by atoms with Crippen LogP contribution in [0.1, 0.15) is 30.2 Å². The quantitative estimate of drug-likeness (QED) is 0.758. The molecule has 0 atom stereocenters. The average molecular weight is 261 g/mol. The molecule has 0 N–H and O–H groups in total. The highest BCUT2D eigenvalue weighted by Crippen LogP contribution is 2.21. The highest BCUT2D eigenvalue weighted by Gasteiger charge is 2.15. The van der Waals surface area contributed by atoms with Crippen LogP contribution in [0.15, 0.2) is 6.07 Å². The Balaban J connectivity index is 3.04. The number of aryl methyl sites for hydroxylation is 2. The second-order valence-electron chi connectivity index (χ2n) is 4.30. The van der Waals surface area contributed by atoms with Crippen LogP contribution >= 0.6 is 0 Å². The minimum absolute atomic E-state index is 0.263. The summed E-state index contributed by atoms with van der Waals surface area (Å²) in [6.07, 6.45) is 0.282. The van der Waals surface area contributed by atoms with E-state index in [-0.39, 0.29) is 12.4 Å². The maximum absolute atomic E-state index is 11.2. The number of carbonyl (C=O) groups excluding carboxylic acids is 1. The van der Waals surface area contributed by atoms with Crippen LogP contribution in [0.5, 0.6) is 0 Å². The topological polar surface area (TPSA) is 66.2 Å². The Labute approximate surface area is 113 Å². The summed E-state index contributed by atoms with van der Waals surface area (Å²) in [6.45, 7) is 6.93. The van der Waals surface area contributed by atoms with Gasteiger partial charge in [-0.2, -0.15) is 5.26 Å². The minimum Gasteiger partial charge on any atom is -0.469 e. The summed E-state index contributed by atoms with van der Waals surface area (Å²) < 4.78 is 4.63. The lowest BCUT2D eigenvalue weighted by Crippen LogP contribution is -2.28. The maximum Gasteiger partial charge on any atom is 0.307 e. The van der Waals surface area contributed by atoms with Crippen molar-refractivity contribution < 1.29 is 9.53 Å². The van der Waals surface area contributed by atoms with Crippen molar-refractivity contribution in [2.24, 2.45) is 0 Å². The predicted octanol–water partition coefficient (Wildman–Crippen LogP) is 1.96. The molecule has 1 aromatic rings. The van der Waals surface area contributed by atoms with Crippen molar-refractivity contribution in [2.75, 3.05) is 25.1 Å². The van der Waals surface area contributed by atoms with Crippen LogP contribution in [-0.2, 0) is 9.53 Å². The van der Waals surface area contributed by atoms with Gasteiger partial charge >= 0.3 is 5.97 Å². The zero-order valence-electron chi connectivity index (χ0n) is 11.9. The molecule has 19 heavy (non-hydrogen) atoms. The monoisotopic (exact) mass is 261 g/mol. The lowest BCUT2D eigenvalue weighted by molar-refractivity contribution is -0.140. The van der Waals surface area contributed by atoms with Crippen LogP contribution < -0.4 is 4.90 Å². The third-order valence-corrected chi connectivity index (χ3v) is 2.93. The number of hydrogen-bond donors (Lipinski definition) is 0. The summed E-state index contributed by atoms with van der Waals surface area (Å²) >= 11 is 0. The van der Waals surface area contributed by atoms with Crippen molar-refractivity contribution >= 4 is 11.8 Å². The Bertz CT molecular complexity index is 506. The number of ether oxygens (including phenoxy) is 1. The van der Waals surface area contributed by atoms with Gasteiger partial charge in [0.25, 0.3) is 0 Å². The fourth-order valence-corrected chi connectivity index (χ4v) is 1.93. The van der Waals surface area contributed by atoms with Crippen LogP contribution in [-0.4, -0.2) is 31.2 Å². The van der Waals surface area contributed by atoms with Crippen molar-refractivity contribution in [1.82, 2.24) is 4.98 Å². The van der Waals surface area contributed by atoms with Gasteiger partial charge < -0.3 is 9.64 Å². The molecule has 0 fully saturated rings. The Morgan fingerprint density at radius 3 is 2.74 bits per heavy atom. The first kappa shape index (κ1) is 15.0. The van der Waals surface area contributed by atoms with E-state index < -0.39 is 0 Å². The lowest BCUT2D eigenvalue weighted by Gasteiger charge is -2.23. The van der Waals surface area contributed by atoms with E-state index in [1.807, 2.05) is 31.7 Å². The molecule has 0 spiro atoms. The fraction of sp³-hybridized carbons (Fsp3) is 0.500. The molecule has 1 rings (SSSR count). The highest BCUT2D eigenvalue weighted by molar-refractivity contribution is 5.70. The average Bonchev–Trinajstić information content (AvgIpc) is 2.38. The van der Waals surface area contributed by atoms with Gasteiger partial charge in [0.1, 0.15) is 11.9 Å². The van der Waals surface area contributed by atoms with Crippen molar-refractivity contribution in [1.29, 1.82) is 5.26 Å². The summed E-state index contributed by atoms with van der Waals surface area (Å²) in [5, 5.41) is 9.25. The van der Waals surface area contributed by atoms with E-state index in [0.717, 1.165) is 11.3 Å². The zero-order chi connectivity index (χ0) is 14.4. The summed E-state index contributed by atoms with van der Waals surface area (Å²) in [6, 6.07) is 4.07. The van der Waals surface area contributed by atoms with Crippen LogP contribution in [0.3, 0.4) is 0 Å². The molecule has 0 aromatic carbocycles. The molecular formula is C14H19N3O2. The smallest absolute Gasteiger partial charge is 0.307 e. The summed E-state index contributed by atoms with van der Waals surface area (Å²) in [5.41, 5.74) is 2.34. The molecule has 5 heteroatoms. The lowest BCUT2D eigenvalue weighted by atomic mass is 10.1. The van der Waals surface area contributed by atoms with Gasteiger partial charge in [0.05, 0.1) is 19.1 Å². The number of pyridine rings is 1. The molecule has 0 saturated heterocycles. The summed E-state index contributed by atoms with van der Waals surface area (Å²) in [4.78, 5) is 17.6. The number of carbonyl (C=O) groups is 1. The van der Waals surface area contributed by atoms with E-state index in [1.54, 1.807) is 0 Å². The first-order valence-corrected chi connectivity index (χ1v) is 6.23. The van der Waals surface area contributed by atoms with Gasteiger partial charge in [-0.15, -0.1) is 0 Å². The van der Waals surface area contributed by atoms with Gasteiger partial charge in [-0.1, -0.05) is 0 Å². The van der Waals surface area contributed by atoms with Crippen LogP contribution in [0.2, 0.25) is 0 Å². The minimum atomic E-state index is -0.263. The van der Waals surface area contributed by atoms with Crippen molar-refractivity contribution in [3.05, 3.63) is 22.9 Å². The fourth-order valence-electron chi connectivity index (χ4n) is 1.93. The molecule has 5 nitrogen and oxygen atoms in total. The van der Waals surface area contributed by atoms with E-state index in [1.165, 1.54) is 7.11 Å². The molecule has 0 aliphatic rings. The Hall–Kier alpha value is -2.09. The number of esters is 1. The normalized spacial score (nSPS) is 9.84. The molecule has 1 aromatic heterocycles. The number of aromatic nitrogens is 1. The SMILES string of the molecule is CCN(CCC(=O)OC)c1nc(C)cc(C)c1C#N. The van der Waals surface area contributed by atoms with Crippen molar-refractivity contribution in [2.45, 2.75) is 27.2 Å². The number of rotatable bonds is 5.